The molecular formula is C8H11NO3. The SMILES string of the molecule is COCCOc1cc[nH]c(=O)c1. The van der Waals surface area contributed by atoms with Gasteiger partial charge in [0, 0.05) is 19.4 Å². The molecule has 0 spiro atoms. The average Bonchev–Trinajstić information content (AvgIpc) is 2.05. The van der Waals surface area contributed by atoms with Crippen LogP contribution in [0.15, 0.2) is 23.1 Å². The van der Waals surface area contributed by atoms with Gasteiger partial charge in [-0.1, -0.05) is 0 Å². The predicted octanol–water partition coefficient (Wildman–Crippen LogP) is 0.400. The van der Waals surface area contributed by atoms with E-state index in [1.807, 2.05) is 0 Å². The van der Waals surface area contributed by atoms with Crippen molar-refractivity contribution in [2.75, 3.05) is 20.3 Å². The van der Waals surface area contributed by atoms with E-state index in [0.717, 1.165) is 0 Å². The topological polar surface area (TPSA) is 51.3 Å². The van der Waals surface area contributed by atoms with Crippen LogP contribution >= 0.6 is 0 Å². The van der Waals surface area contributed by atoms with Gasteiger partial charge in [0.25, 0.3) is 5.56 Å². The van der Waals surface area contributed by atoms with E-state index < -0.39 is 0 Å². The van der Waals surface area contributed by atoms with Crippen molar-refractivity contribution in [1.82, 2.24) is 4.98 Å². The molecule has 12 heavy (non-hydrogen) atoms. The molecule has 0 saturated heterocycles. The Kier molecular flexibility index (Phi) is 3.35. The van der Waals surface area contributed by atoms with Crippen LogP contribution in [0.25, 0.3) is 0 Å². The molecule has 0 aliphatic rings. The largest absolute Gasteiger partial charge is 0.491 e. The lowest BCUT2D eigenvalue weighted by molar-refractivity contribution is 0.146. The van der Waals surface area contributed by atoms with Crippen molar-refractivity contribution >= 4 is 0 Å². The summed E-state index contributed by atoms with van der Waals surface area (Å²) in [5.41, 5.74) is -0.162. The number of ether oxygens (including phenoxy) is 2. The Labute approximate surface area is 70.1 Å². The number of hydrogen-bond acceptors (Lipinski definition) is 3. The van der Waals surface area contributed by atoms with Crippen molar-refractivity contribution in [3.8, 4) is 5.75 Å². The zero-order chi connectivity index (χ0) is 8.81. The summed E-state index contributed by atoms with van der Waals surface area (Å²) in [5.74, 6) is 0.566. The molecule has 66 valence electrons. The van der Waals surface area contributed by atoms with Crippen LogP contribution in [0.5, 0.6) is 5.75 Å². The first-order chi connectivity index (χ1) is 5.83. The van der Waals surface area contributed by atoms with Crippen LogP contribution in [-0.2, 0) is 4.74 Å². The lowest BCUT2D eigenvalue weighted by Crippen LogP contribution is -2.08. The summed E-state index contributed by atoms with van der Waals surface area (Å²) in [5, 5.41) is 0. The van der Waals surface area contributed by atoms with Gasteiger partial charge >= 0.3 is 0 Å². The molecule has 0 radical (unpaired) electrons. The molecule has 0 unspecified atom stereocenters. The van der Waals surface area contributed by atoms with Gasteiger partial charge in [-0.05, 0) is 6.07 Å². The summed E-state index contributed by atoms with van der Waals surface area (Å²) < 4.78 is 9.97. The highest BCUT2D eigenvalue weighted by Gasteiger charge is 1.92. The Morgan fingerprint density at radius 1 is 1.50 bits per heavy atom. The van der Waals surface area contributed by atoms with E-state index in [0.29, 0.717) is 19.0 Å². The second-order valence-corrected chi connectivity index (χ2v) is 2.23. The van der Waals surface area contributed by atoms with E-state index in [1.54, 1.807) is 19.4 Å². The first kappa shape index (κ1) is 8.80. The van der Waals surface area contributed by atoms with Gasteiger partial charge in [-0.2, -0.15) is 0 Å². The molecule has 1 heterocycles. The molecular weight excluding hydrogens is 158 g/mol. The van der Waals surface area contributed by atoms with E-state index in [2.05, 4.69) is 4.98 Å². The van der Waals surface area contributed by atoms with Crippen molar-refractivity contribution < 1.29 is 9.47 Å². The normalized spacial score (nSPS) is 9.75. The number of H-pyrrole nitrogens is 1. The van der Waals surface area contributed by atoms with Crippen LogP contribution < -0.4 is 10.3 Å². The minimum Gasteiger partial charge on any atom is -0.491 e. The van der Waals surface area contributed by atoms with Crippen molar-refractivity contribution in [3.63, 3.8) is 0 Å². The Balaban J connectivity index is 2.47. The number of hydrogen-bond donors (Lipinski definition) is 1. The summed E-state index contributed by atoms with van der Waals surface area (Å²) >= 11 is 0. The van der Waals surface area contributed by atoms with Gasteiger partial charge in [-0.3, -0.25) is 4.79 Å². The van der Waals surface area contributed by atoms with Gasteiger partial charge in [0.1, 0.15) is 12.4 Å². The van der Waals surface area contributed by atoms with Gasteiger partial charge in [-0.15, -0.1) is 0 Å². The second kappa shape index (κ2) is 4.56. The van der Waals surface area contributed by atoms with Crippen LogP contribution in [0, 0.1) is 0 Å². The summed E-state index contributed by atoms with van der Waals surface area (Å²) in [6.07, 6.45) is 1.55. The zero-order valence-electron chi connectivity index (χ0n) is 6.87. The molecule has 0 aliphatic heterocycles. The molecule has 1 rings (SSSR count). The third-order valence-corrected chi connectivity index (χ3v) is 1.30. The molecule has 0 bridgehead atoms. The monoisotopic (exact) mass is 169 g/mol. The van der Waals surface area contributed by atoms with Crippen LogP contribution in [0.1, 0.15) is 0 Å². The molecule has 4 nitrogen and oxygen atoms in total. The van der Waals surface area contributed by atoms with Gasteiger partial charge in [-0.25, -0.2) is 0 Å². The number of aromatic nitrogens is 1. The minimum atomic E-state index is -0.162. The highest BCUT2D eigenvalue weighted by molar-refractivity contribution is 5.16. The molecule has 0 fully saturated rings. The molecule has 1 aromatic rings. The number of aromatic amines is 1. The first-order valence-corrected chi connectivity index (χ1v) is 3.63. The average molecular weight is 169 g/mol. The van der Waals surface area contributed by atoms with Gasteiger partial charge in [0.2, 0.25) is 0 Å². The van der Waals surface area contributed by atoms with Gasteiger partial charge in [0.15, 0.2) is 0 Å². The maximum atomic E-state index is 10.8. The zero-order valence-corrected chi connectivity index (χ0v) is 6.87. The Morgan fingerprint density at radius 3 is 3.00 bits per heavy atom. The van der Waals surface area contributed by atoms with E-state index in [1.165, 1.54) is 6.07 Å². The number of pyridine rings is 1. The standard InChI is InChI=1S/C8H11NO3/c1-11-4-5-12-7-2-3-9-8(10)6-7/h2-3,6H,4-5H2,1H3,(H,9,10). The Hall–Kier alpha value is -1.29. The van der Waals surface area contributed by atoms with Crippen LogP contribution in [0.2, 0.25) is 0 Å². The third-order valence-electron chi connectivity index (χ3n) is 1.30. The quantitative estimate of drug-likeness (QED) is 0.664. The minimum absolute atomic E-state index is 0.162. The van der Waals surface area contributed by atoms with Crippen LogP contribution in [-0.4, -0.2) is 25.3 Å². The van der Waals surface area contributed by atoms with Gasteiger partial charge in [0.05, 0.1) is 6.61 Å². The molecule has 1 aromatic heterocycles. The van der Waals surface area contributed by atoms with E-state index >= 15 is 0 Å². The first-order valence-electron chi connectivity index (χ1n) is 3.63. The van der Waals surface area contributed by atoms with Crippen molar-refractivity contribution in [1.29, 1.82) is 0 Å². The fraction of sp³-hybridized carbons (Fsp3) is 0.375. The number of methoxy groups -OCH3 is 1. The predicted molar refractivity (Wildman–Crippen MR) is 44.4 cm³/mol. The summed E-state index contributed by atoms with van der Waals surface area (Å²) in [7, 11) is 1.60. The fourth-order valence-corrected chi connectivity index (χ4v) is 0.758. The highest BCUT2D eigenvalue weighted by Crippen LogP contribution is 2.03. The van der Waals surface area contributed by atoms with Crippen molar-refractivity contribution in [3.05, 3.63) is 28.7 Å². The van der Waals surface area contributed by atoms with E-state index in [4.69, 9.17) is 9.47 Å². The summed E-state index contributed by atoms with van der Waals surface area (Å²) in [4.78, 5) is 13.3. The maximum absolute atomic E-state index is 10.8. The number of nitrogens with one attached hydrogen (secondary N) is 1. The lowest BCUT2D eigenvalue weighted by Gasteiger charge is -2.03. The summed E-state index contributed by atoms with van der Waals surface area (Å²) in [6.45, 7) is 0.979. The number of rotatable bonds is 4. The van der Waals surface area contributed by atoms with Crippen molar-refractivity contribution in [2.24, 2.45) is 0 Å². The Morgan fingerprint density at radius 2 is 2.33 bits per heavy atom. The smallest absolute Gasteiger partial charge is 0.251 e. The van der Waals surface area contributed by atoms with Crippen LogP contribution in [0.3, 0.4) is 0 Å². The molecule has 0 aromatic carbocycles. The Bertz CT molecular complexity index is 282. The molecule has 0 saturated carbocycles. The van der Waals surface area contributed by atoms with Crippen molar-refractivity contribution in [2.45, 2.75) is 0 Å². The molecule has 0 aliphatic carbocycles. The maximum Gasteiger partial charge on any atom is 0.251 e. The molecule has 4 heteroatoms. The lowest BCUT2D eigenvalue weighted by atomic mass is 10.4. The van der Waals surface area contributed by atoms with Crippen LogP contribution in [0.4, 0.5) is 0 Å². The molecule has 0 atom stereocenters. The summed E-state index contributed by atoms with van der Waals surface area (Å²) in [6, 6.07) is 3.09. The fourth-order valence-electron chi connectivity index (χ4n) is 0.758. The highest BCUT2D eigenvalue weighted by atomic mass is 16.5. The molecule has 1 N–H and O–H groups in total. The van der Waals surface area contributed by atoms with Gasteiger partial charge < -0.3 is 14.5 Å². The van der Waals surface area contributed by atoms with E-state index in [9.17, 15) is 4.79 Å². The molecule has 0 amide bonds. The van der Waals surface area contributed by atoms with E-state index in [-0.39, 0.29) is 5.56 Å². The third kappa shape index (κ3) is 2.75. The second-order valence-electron chi connectivity index (χ2n) is 2.23.